The average Bonchev–Trinajstić information content (AvgIpc) is 2.92. The molecule has 2 heterocycles. The summed E-state index contributed by atoms with van der Waals surface area (Å²) in [5.41, 5.74) is 6.82. The number of nitrogens with one attached hydrogen (secondary N) is 1. The smallest absolute Gasteiger partial charge is 0.172 e. The van der Waals surface area contributed by atoms with Crippen molar-refractivity contribution in [1.29, 1.82) is 0 Å². The quantitative estimate of drug-likeness (QED) is 0.269. The fraction of sp³-hybridized carbons (Fsp3) is 0.176. The molecule has 0 amide bonds. The molecular weight excluding hydrogens is 505 g/mol. The third kappa shape index (κ3) is 4.56. The molecule has 0 aliphatic carbocycles. The first-order valence-corrected chi connectivity index (χ1v) is 13.2. The molecule has 202 valence electrons. The molecule has 40 heavy (non-hydrogen) atoms. The number of anilines is 1. The van der Waals surface area contributed by atoms with Crippen molar-refractivity contribution in [3.63, 3.8) is 0 Å². The van der Waals surface area contributed by atoms with Crippen molar-refractivity contribution in [3.05, 3.63) is 107 Å². The Morgan fingerprint density at radius 3 is 2.60 bits per heavy atom. The van der Waals surface area contributed by atoms with E-state index in [9.17, 15) is 9.50 Å². The van der Waals surface area contributed by atoms with E-state index in [1.807, 2.05) is 36.4 Å². The Kier molecular flexibility index (Phi) is 6.26. The number of aromatic hydroxyl groups is 1. The maximum atomic E-state index is 14.1. The monoisotopic (exact) mass is 535 g/mol. The van der Waals surface area contributed by atoms with E-state index >= 15 is 0 Å². The van der Waals surface area contributed by atoms with Gasteiger partial charge in [0.2, 0.25) is 0 Å². The maximum absolute atomic E-state index is 14.1. The molecule has 0 unspecified atom stereocenters. The third-order valence-electron chi connectivity index (χ3n) is 7.18. The van der Waals surface area contributed by atoms with Crippen LogP contribution in [0.1, 0.15) is 43.0 Å². The van der Waals surface area contributed by atoms with Crippen LogP contribution in [0.2, 0.25) is 0 Å². The van der Waals surface area contributed by atoms with E-state index in [4.69, 9.17) is 14.2 Å². The Morgan fingerprint density at radius 2 is 1.80 bits per heavy atom. The fourth-order valence-electron chi connectivity index (χ4n) is 5.57. The first kappa shape index (κ1) is 25.6. The SMILES string of the molecule is COc1c(O)ccc2c1-c1ccc3c(c1C(=Cc1cccc(OCc4ccccc4F)c1)O2)C(C)=CC(C)(C)N3. The number of allylic oxidation sites excluding steroid dienone is 1. The molecule has 0 fully saturated rings. The summed E-state index contributed by atoms with van der Waals surface area (Å²) in [7, 11) is 1.54. The number of hydrogen-bond donors (Lipinski definition) is 2. The van der Waals surface area contributed by atoms with Crippen molar-refractivity contribution >= 4 is 23.1 Å². The van der Waals surface area contributed by atoms with Gasteiger partial charge in [-0.3, -0.25) is 0 Å². The minimum atomic E-state index is -0.293. The number of rotatable bonds is 5. The number of ether oxygens (including phenoxy) is 3. The Morgan fingerprint density at radius 1 is 0.975 bits per heavy atom. The van der Waals surface area contributed by atoms with E-state index < -0.39 is 0 Å². The number of fused-ring (bicyclic) bond motifs is 5. The molecule has 2 aliphatic rings. The molecule has 2 N–H and O–H groups in total. The average molecular weight is 536 g/mol. The minimum absolute atomic E-state index is 0.0483. The minimum Gasteiger partial charge on any atom is -0.504 e. The summed E-state index contributed by atoms with van der Waals surface area (Å²) in [6.45, 7) is 6.50. The van der Waals surface area contributed by atoms with E-state index in [1.165, 1.54) is 6.07 Å². The molecule has 4 aromatic carbocycles. The van der Waals surface area contributed by atoms with Crippen molar-refractivity contribution in [2.75, 3.05) is 12.4 Å². The Bertz CT molecular complexity index is 1700. The van der Waals surface area contributed by atoms with Gasteiger partial charge >= 0.3 is 0 Å². The van der Waals surface area contributed by atoms with E-state index in [0.29, 0.717) is 34.1 Å². The van der Waals surface area contributed by atoms with Crippen LogP contribution >= 0.6 is 0 Å². The van der Waals surface area contributed by atoms with Crippen LogP contribution in [0.15, 0.2) is 78.9 Å². The molecule has 0 saturated carbocycles. The molecule has 6 rings (SSSR count). The largest absolute Gasteiger partial charge is 0.504 e. The zero-order valence-electron chi connectivity index (χ0n) is 22.8. The van der Waals surface area contributed by atoms with Crippen LogP contribution in [0.4, 0.5) is 10.1 Å². The Hall–Kier alpha value is -4.71. The van der Waals surface area contributed by atoms with Crippen molar-refractivity contribution in [2.24, 2.45) is 0 Å². The van der Waals surface area contributed by atoms with Gasteiger partial charge < -0.3 is 24.6 Å². The van der Waals surface area contributed by atoms with E-state index in [2.05, 4.69) is 38.2 Å². The summed E-state index contributed by atoms with van der Waals surface area (Å²) in [5, 5.41) is 14.2. The first-order chi connectivity index (χ1) is 19.2. The van der Waals surface area contributed by atoms with E-state index in [-0.39, 0.29) is 23.7 Å². The zero-order valence-corrected chi connectivity index (χ0v) is 22.8. The van der Waals surface area contributed by atoms with Crippen LogP contribution in [0, 0.1) is 5.82 Å². The van der Waals surface area contributed by atoms with E-state index in [0.717, 1.165) is 33.5 Å². The van der Waals surface area contributed by atoms with E-state index in [1.54, 1.807) is 37.4 Å². The standard InChI is InChI=1S/C34H30FNO4/c1-20-18-34(2,3)36-26-13-12-24-31(30(20)26)29(40-28-15-14-27(37)33(38-4)32(24)28)17-21-8-7-10-23(16-21)39-19-22-9-5-6-11-25(22)35/h5-18,36-37H,19H2,1-4H3. The third-order valence-corrected chi connectivity index (χ3v) is 7.18. The number of hydrogen-bond acceptors (Lipinski definition) is 5. The molecular formula is C34H30FNO4. The van der Waals surface area contributed by atoms with Gasteiger partial charge in [0.15, 0.2) is 11.5 Å². The predicted molar refractivity (Wildman–Crippen MR) is 157 cm³/mol. The predicted octanol–water partition coefficient (Wildman–Crippen LogP) is 8.28. The molecule has 0 aromatic heterocycles. The van der Waals surface area contributed by atoms with Crippen LogP contribution in [0.5, 0.6) is 23.0 Å². The van der Waals surface area contributed by atoms with Crippen LogP contribution in [0.25, 0.3) is 28.5 Å². The highest BCUT2D eigenvalue weighted by Gasteiger charge is 2.33. The van der Waals surface area contributed by atoms with Gasteiger partial charge in [-0.1, -0.05) is 42.5 Å². The van der Waals surface area contributed by atoms with Crippen molar-refractivity contribution in [1.82, 2.24) is 0 Å². The second-order valence-electron chi connectivity index (χ2n) is 10.6. The maximum Gasteiger partial charge on any atom is 0.172 e. The number of benzene rings is 4. The second kappa shape index (κ2) is 9.79. The lowest BCUT2D eigenvalue weighted by Gasteiger charge is -2.35. The molecule has 4 aromatic rings. The van der Waals surface area contributed by atoms with Crippen LogP contribution in [-0.4, -0.2) is 17.8 Å². The van der Waals surface area contributed by atoms with Crippen LogP contribution in [0.3, 0.4) is 0 Å². The molecule has 0 bridgehead atoms. The molecule has 6 heteroatoms. The number of phenols is 1. The van der Waals surface area contributed by atoms with Gasteiger partial charge in [0.1, 0.15) is 29.7 Å². The molecule has 0 saturated heterocycles. The second-order valence-corrected chi connectivity index (χ2v) is 10.6. The molecule has 0 spiro atoms. The highest BCUT2D eigenvalue weighted by atomic mass is 19.1. The number of halogens is 1. The van der Waals surface area contributed by atoms with Crippen molar-refractivity contribution in [2.45, 2.75) is 32.9 Å². The van der Waals surface area contributed by atoms with Gasteiger partial charge in [-0.2, -0.15) is 0 Å². The van der Waals surface area contributed by atoms with Gasteiger partial charge in [0.25, 0.3) is 0 Å². The summed E-state index contributed by atoms with van der Waals surface area (Å²) in [5.74, 6) is 1.99. The van der Waals surface area contributed by atoms with Gasteiger partial charge in [-0.25, -0.2) is 4.39 Å². The van der Waals surface area contributed by atoms with Crippen LogP contribution in [-0.2, 0) is 6.61 Å². The molecule has 2 aliphatic heterocycles. The highest BCUT2D eigenvalue weighted by Crippen LogP contribution is 2.54. The van der Waals surface area contributed by atoms with Crippen LogP contribution < -0.4 is 19.5 Å². The lowest BCUT2D eigenvalue weighted by atomic mass is 9.83. The molecule has 0 atom stereocenters. The normalized spacial score (nSPS) is 15.6. The zero-order chi connectivity index (χ0) is 28.0. The molecule has 5 nitrogen and oxygen atoms in total. The highest BCUT2D eigenvalue weighted by molar-refractivity contribution is 6.02. The summed E-state index contributed by atoms with van der Waals surface area (Å²) in [6.07, 6.45) is 4.18. The van der Waals surface area contributed by atoms with Gasteiger partial charge in [-0.15, -0.1) is 0 Å². The Labute approximate surface area is 233 Å². The van der Waals surface area contributed by atoms with Gasteiger partial charge in [-0.05, 0) is 74.4 Å². The molecule has 0 radical (unpaired) electrons. The number of phenolic OH excluding ortho intramolecular Hbond substituents is 1. The Balaban J connectivity index is 1.47. The number of methoxy groups -OCH3 is 1. The van der Waals surface area contributed by atoms with Crippen molar-refractivity contribution in [3.8, 4) is 34.1 Å². The summed E-state index contributed by atoms with van der Waals surface area (Å²) >= 11 is 0. The fourth-order valence-corrected chi connectivity index (χ4v) is 5.57. The van der Waals surface area contributed by atoms with Gasteiger partial charge in [0.05, 0.1) is 18.2 Å². The van der Waals surface area contributed by atoms with Crippen molar-refractivity contribution < 1.29 is 23.7 Å². The van der Waals surface area contributed by atoms with Gasteiger partial charge in [0, 0.05) is 27.9 Å². The summed E-state index contributed by atoms with van der Waals surface area (Å²) in [6, 6.07) is 21.7. The lowest BCUT2D eigenvalue weighted by molar-refractivity contribution is 0.300. The first-order valence-electron chi connectivity index (χ1n) is 13.2. The topological polar surface area (TPSA) is 60.0 Å². The summed E-state index contributed by atoms with van der Waals surface area (Å²) < 4.78 is 32.2. The lowest BCUT2D eigenvalue weighted by Crippen LogP contribution is -2.32. The summed E-state index contributed by atoms with van der Waals surface area (Å²) in [4.78, 5) is 0.